The molecule has 0 amide bonds. The third-order valence-corrected chi connectivity index (χ3v) is 6.66. The summed E-state index contributed by atoms with van der Waals surface area (Å²) >= 11 is 5.88. The van der Waals surface area contributed by atoms with E-state index in [9.17, 15) is 8.42 Å². The minimum atomic E-state index is -3.38. The Hall–Kier alpha value is -0.520. The summed E-state index contributed by atoms with van der Waals surface area (Å²) in [6, 6.07) is 1.71. The Balaban J connectivity index is 2.17. The van der Waals surface area contributed by atoms with Crippen molar-refractivity contribution in [3.63, 3.8) is 0 Å². The van der Waals surface area contributed by atoms with E-state index in [0.29, 0.717) is 35.7 Å². The molecular formula is C15H25ClN2O2S. The molecule has 1 saturated heterocycles. The van der Waals surface area contributed by atoms with Gasteiger partial charge in [0, 0.05) is 31.5 Å². The summed E-state index contributed by atoms with van der Waals surface area (Å²) in [5, 5.41) is 0. The highest BCUT2D eigenvalue weighted by molar-refractivity contribution is 7.89. The fourth-order valence-corrected chi connectivity index (χ4v) is 4.77. The first-order chi connectivity index (χ1) is 9.90. The lowest BCUT2D eigenvalue weighted by Crippen LogP contribution is -2.39. The van der Waals surface area contributed by atoms with E-state index in [4.69, 9.17) is 11.6 Å². The van der Waals surface area contributed by atoms with Gasteiger partial charge in [-0.1, -0.05) is 13.8 Å². The Morgan fingerprint density at radius 2 is 1.95 bits per heavy atom. The second-order valence-corrected chi connectivity index (χ2v) is 8.28. The van der Waals surface area contributed by atoms with E-state index in [1.807, 2.05) is 11.5 Å². The number of nitrogens with zero attached hydrogens (tertiary/aromatic N) is 2. The number of sulfonamides is 1. The number of piperidine rings is 1. The van der Waals surface area contributed by atoms with Crippen molar-refractivity contribution in [2.24, 2.45) is 11.8 Å². The predicted octanol–water partition coefficient (Wildman–Crippen LogP) is 3.30. The van der Waals surface area contributed by atoms with Crippen molar-refractivity contribution in [3.8, 4) is 0 Å². The summed E-state index contributed by atoms with van der Waals surface area (Å²) in [6.45, 7) is 8.39. The topological polar surface area (TPSA) is 42.3 Å². The zero-order chi connectivity index (χ0) is 15.6. The van der Waals surface area contributed by atoms with Gasteiger partial charge < -0.3 is 4.57 Å². The maximum atomic E-state index is 12.7. The Kier molecular flexibility index (Phi) is 5.38. The molecule has 0 aromatic carbocycles. The molecule has 0 saturated carbocycles. The molecule has 1 fully saturated rings. The molecule has 1 aliphatic rings. The fraction of sp³-hybridized carbons (Fsp3) is 0.733. The largest absolute Gasteiger partial charge is 0.349 e. The SMILES string of the molecule is CCn1cc(S(=O)(=O)N2CCC(C(C)C)CC2)cc1CCl. The standard InChI is InChI=1S/C15H25ClN2O2S/c1-4-17-11-15(9-14(17)10-16)21(19,20)18-7-5-13(6-8-18)12(2)3/h9,11-13H,4-8,10H2,1-3H3. The smallest absolute Gasteiger partial charge is 0.244 e. The molecule has 0 aliphatic carbocycles. The number of hydrogen-bond acceptors (Lipinski definition) is 2. The summed E-state index contributed by atoms with van der Waals surface area (Å²) in [5.74, 6) is 1.59. The van der Waals surface area contributed by atoms with Crippen molar-refractivity contribution >= 4 is 21.6 Å². The predicted molar refractivity (Wildman–Crippen MR) is 86.0 cm³/mol. The van der Waals surface area contributed by atoms with E-state index >= 15 is 0 Å². The van der Waals surface area contributed by atoms with Gasteiger partial charge in [0.25, 0.3) is 0 Å². The van der Waals surface area contributed by atoms with Crippen molar-refractivity contribution in [3.05, 3.63) is 18.0 Å². The Bertz CT molecular complexity index is 551. The molecule has 0 spiro atoms. The highest BCUT2D eigenvalue weighted by Crippen LogP contribution is 2.28. The number of halogens is 1. The maximum Gasteiger partial charge on any atom is 0.244 e. The van der Waals surface area contributed by atoms with Gasteiger partial charge in [-0.15, -0.1) is 11.6 Å². The monoisotopic (exact) mass is 332 g/mol. The van der Waals surface area contributed by atoms with E-state index in [1.165, 1.54) is 0 Å². The summed E-state index contributed by atoms with van der Waals surface area (Å²) < 4.78 is 29.0. The minimum absolute atomic E-state index is 0.332. The molecule has 0 radical (unpaired) electrons. The molecule has 2 heterocycles. The molecular weight excluding hydrogens is 308 g/mol. The molecule has 0 N–H and O–H groups in total. The molecule has 6 heteroatoms. The van der Waals surface area contributed by atoms with Crippen LogP contribution in [0.1, 0.15) is 39.3 Å². The molecule has 2 rings (SSSR count). The molecule has 21 heavy (non-hydrogen) atoms. The van der Waals surface area contributed by atoms with Crippen LogP contribution >= 0.6 is 11.6 Å². The van der Waals surface area contributed by atoms with Crippen LogP contribution in [0.15, 0.2) is 17.2 Å². The van der Waals surface area contributed by atoms with E-state index < -0.39 is 10.0 Å². The summed E-state index contributed by atoms with van der Waals surface area (Å²) in [7, 11) is -3.38. The normalized spacial score (nSPS) is 18.5. The molecule has 0 unspecified atom stereocenters. The minimum Gasteiger partial charge on any atom is -0.349 e. The lowest BCUT2D eigenvalue weighted by molar-refractivity contribution is 0.226. The van der Waals surface area contributed by atoms with Crippen molar-refractivity contribution in [2.75, 3.05) is 13.1 Å². The summed E-state index contributed by atoms with van der Waals surface area (Å²) in [5.41, 5.74) is 0.856. The first-order valence-corrected chi connectivity index (χ1v) is 9.62. The third kappa shape index (κ3) is 3.46. The van der Waals surface area contributed by atoms with Crippen LogP contribution in [0.5, 0.6) is 0 Å². The van der Waals surface area contributed by atoms with Crippen LogP contribution < -0.4 is 0 Å². The van der Waals surface area contributed by atoms with Gasteiger partial charge in [0.15, 0.2) is 0 Å². The second-order valence-electron chi connectivity index (χ2n) is 6.07. The van der Waals surface area contributed by atoms with Crippen LogP contribution in [-0.4, -0.2) is 30.4 Å². The molecule has 1 aromatic rings. The molecule has 0 atom stereocenters. The average Bonchev–Trinajstić information content (AvgIpc) is 2.91. The Morgan fingerprint density at radius 1 is 1.33 bits per heavy atom. The maximum absolute atomic E-state index is 12.7. The van der Waals surface area contributed by atoms with Gasteiger partial charge in [-0.25, -0.2) is 8.42 Å². The van der Waals surface area contributed by atoms with Gasteiger partial charge in [0.1, 0.15) is 4.90 Å². The van der Waals surface area contributed by atoms with Crippen LogP contribution in [-0.2, 0) is 22.4 Å². The van der Waals surface area contributed by atoms with E-state index in [0.717, 1.165) is 25.1 Å². The van der Waals surface area contributed by atoms with Crippen LogP contribution in [0.4, 0.5) is 0 Å². The van der Waals surface area contributed by atoms with Crippen LogP contribution in [0.2, 0.25) is 0 Å². The molecule has 4 nitrogen and oxygen atoms in total. The number of aromatic nitrogens is 1. The quantitative estimate of drug-likeness (QED) is 0.776. The first-order valence-electron chi connectivity index (χ1n) is 7.65. The van der Waals surface area contributed by atoms with E-state index in [-0.39, 0.29) is 0 Å². The van der Waals surface area contributed by atoms with Gasteiger partial charge in [-0.2, -0.15) is 4.31 Å². The fourth-order valence-electron chi connectivity index (χ4n) is 3.00. The van der Waals surface area contributed by atoms with Gasteiger partial charge in [0.05, 0.1) is 5.88 Å². The molecule has 0 bridgehead atoms. The van der Waals surface area contributed by atoms with Crippen LogP contribution in [0, 0.1) is 11.8 Å². The van der Waals surface area contributed by atoms with Gasteiger partial charge >= 0.3 is 0 Å². The number of alkyl halides is 1. The Morgan fingerprint density at radius 3 is 2.38 bits per heavy atom. The molecule has 1 aromatic heterocycles. The lowest BCUT2D eigenvalue weighted by Gasteiger charge is -2.32. The summed E-state index contributed by atoms with van der Waals surface area (Å²) in [6.07, 6.45) is 3.61. The van der Waals surface area contributed by atoms with E-state index in [2.05, 4.69) is 13.8 Å². The Labute approximate surface area is 133 Å². The van der Waals surface area contributed by atoms with Crippen LogP contribution in [0.3, 0.4) is 0 Å². The van der Waals surface area contributed by atoms with E-state index in [1.54, 1.807) is 16.6 Å². The average molecular weight is 333 g/mol. The highest BCUT2D eigenvalue weighted by atomic mass is 35.5. The van der Waals surface area contributed by atoms with Gasteiger partial charge in [-0.05, 0) is 37.7 Å². The van der Waals surface area contributed by atoms with Crippen molar-refractivity contribution in [1.29, 1.82) is 0 Å². The molecule has 1 aliphatic heterocycles. The highest BCUT2D eigenvalue weighted by Gasteiger charge is 2.31. The first kappa shape index (κ1) is 16.8. The third-order valence-electron chi connectivity index (χ3n) is 4.52. The number of rotatable bonds is 5. The zero-order valence-corrected chi connectivity index (χ0v) is 14.6. The zero-order valence-electron chi connectivity index (χ0n) is 13.0. The van der Waals surface area contributed by atoms with Gasteiger partial charge in [0.2, 0.25) is 10.0 Å². The molecule has 120 valence electrons. The van der Waals surface area contributed by atoms with Crippen LogP contribution in [0.25, 0.3) is 0 Å². The van der Waals surface area contributed by atoms with Crippen molar-refractivity contribution in [1.82, 2.24) is 8.87 Å². The summed E-state index contributed by atoms with van der Waals surface area (Å²) in [4.78, 5) is 0.378. The van der Waals surface area contributed by atoms with Crippen molar-refractivity contribution in [2.45, 2.75) is 50.9 Å². The van der Waals surface area contributed by atoms with Crippen molar-refractivity contribution < 1.29 is 8.42 Å². The second kappa shape index (κ2) is 6.71. The number of aryl methyl sites for hydroxylation is 1. The lowest BCUT2D eigenvalue weighted by atomic mass is 9.87. The van der Waals surface area contributed by atoms with Gasteiger partial charge in [-0.3, -0.25) is 0 Å². The number of hydrogen-bond donors (Lipinski definition) is 0.